The number of likely N-dealkylation sites (N-methyl/N-ethyl adjacent to an activating group) is 1. The van der Waals surface area contributed by atoms with Crippen LogP contribution >= 0.6 is 0 Å². The molecule has 1 aliphatic rings. The zero-order valence-corrected chi connectivity index (χ0v) is 23.3. The summed E-state index contributed by atoms with van der Waals surface area (Å²) in [7, 11) is 2.11. The van der Waals surface area contributed by atoms with E-state index < -0.39 is 23.0 Å². The Morgan fingerprint density at radius 3 is 2.29 bits per heavy atom. The van der Waals surface area contributed by atoms with Crippen molar-refractivity contribution in [2.75, 3.05) is 39.8 Å². The van der Waals surface area contributed by atoms with Crippen molar-refractivity contribution in [3.05, 3.63) is 99.9 Å². The first-order valence-corrected chi connectivity index (χ1v) is 13.8. The molecule has 8 nitrogen and oxygen atoms in total. The second-order valence-electron chi connectivity index (χ2n) is 10.5. The Balaban J connectivity index is 1.20. The Morgan fingerprint density at radius 1 is 0.857 bits per heavy atom. The third-order valence-corrected chi connectivity index (χ3v) is 7.36. The summed E-state index contributed by atoms with van der Waals surface area (Å²) in [6.45, 7) is 4.95. The molecule has 0 spiro atoms. The van der Waals surface area contributed by atoms with Crippen molar-refractivity contribution >= 4 is 5.78 Å². The van der Waals surface area contributed by atoms with Gasteiger partial charge in [-0.3, -0.25) is 9.59 Å². The Morgan fingerprint density at radius 2 is 1.57 bits per heavy atom. The molecule has 0 atom stereocenters. The van der Waals surface area contributed by atoms with E-state index in [2.05, 4.69) is 31.9 Å². The summed E-state index contributed by atoms with van der Waals surface area (Å²) in [5.74, 6) is -3.52. The lowest BCUT2D eigenvalue weighted by Gasteiger charge is -2.32. The van der Waals surface area contributed by atoms with E-state index in [0.29, 0.717) is 25.1 Å². The summed E-state index contributed by atoms with van der Waals surface area (Å²) in [5, 5.41) is 4.23. The van der Waals surface area contributed by atoms with Gasteiger partial charge in [-0.1, -0.05) is 18.2 Å². The van der Waals surface area contributed by atoms with E-state index in [0.717, 1.165) is 66.2 Å². The summed E-state index contributed by atoms with van der Waals surface area (Å²) in [4.78, 5) is 38.5. The SMILES string of the molecule is CN1CCN(CCC(=O)CCc2cnc(-c3cccc(Cn4nc(-c5cc(F)c(F)c(F)c5)ccc4=O)c3)nc2)CC1. The Bertz CT molecular complexity index is 1590. The molecule has 42 heavy (non-hydrogen) atoms. The number of aromatic nitrogens is 4. The first kappa shape index (κ1) is 29.3. The van der Waals surface area contributed by atoms with Crippen molar-refractivity contribution in [2.45, 2.75) is 25.8 Å². The van der Waals surface area contributed by atoms with Crippen LogP contribution in [0.2, 0.25) is 0 Å². The van der Waals surface area contributed by atoms with Crippen molar-refractivity contribution in [1.29, 1.82) is 0 Å². The van der Waals surface area contributed by atoms with Gasteiger partial charge in [0.05, 0.1) is 12.2 Å². The van der Waals surface area contributed by atoms with Gasteiger partial charge < -0.3 is 9.80 Å². The monoisotopic (exact) mass is 576 g/mol. The minimum atomic E-state index is -1.57. The predicted octanol–water partition coefficient (Wildman–Crippen LogP) is 3.97. The summed E-state index contributed by atoms with van der Waals surface area (Å²) < 4.78 is 42.0. The van der Waals surface area contributed by atoms with Crippen LogP contribution < -0.4 is 5.56 Å². The van der Waals surface area contributed by atoms with Crippen LogP contribution in [0.3, 0.4) is 0 Å². The molecule has 0 radical (unpaired) electrons. The molecule has 0 aliphatic carbocycles. The van der Waals surface area contributed by atoms with Crippen LogP contribution in [0.15, 0.2) is 65.7 Å². The Kier molecular flexibility index (Phi) is 9.19. The van der Waals surface area contributed by atoms with Gasteiger partial charge in [0.2, 0.25) is 0 Å². The zero-order chi connectivity index (χ0) is 29.6. The molecule has 4 aromatic rings. The fraction of sp³-hybridized carbons (Fsp3) is 0.323. The maximum atomic E-state index is 13.7. The van der Waals surface area contributed by atoms with E-state index >= 15 is 0 Å². The fourth-order valence-corrected chi connectivity index (χ4v) is 4.80. The second-order valence-corrected chi connectivity index (χ2v) is 10.5. The highest BCUT2D eigenvalue weighted by Gasteiger charge is 2.16. The van der Waals surface area contributed by atoms with Crippen molar-refractivity contribution in [3.8, 4) is 22.6 Å². The summed E-state index contributed by atoms with van der Waals surface area (Å²) in [5.41, 5.74) is 2.07. The van der Waals surface area contributed by atoms with Crippen LogP contribution in [0.25, 0.3) is 22.6 Å². The Hall–Kier alpha value is -4.22. The number of hydrogen-bond donors (Lipinski definition) is 0. The lowest BCUT2D eigenvalue weighted by molar-refractivity contribution is -0.119. The number of nitrogens with zero attached hydrogens (tertiary/aromatic N) is 6. The third-order valence-electron chi connectivity index (χ3n) is 7.36. The number of carbonyl (C=O) groups is 1. The predicted molar refractivity (Wildman–Crippen MR) is 152 cm³/mol. The smallest absolute Gasteiger partial charge is 0.267 e. The van der Waals surface area contributed by atoms with Gasteiger partial charge >= 0.3 is 0 Å². The average Bonchev–Trinajstić information content (AvgIpc) is 3.00. The molecule has 1 saturated heterocycles. The van der Waals surface area contributed by atoms with Gasteiger partial charge in [-0.2, -0.15) is 5.10 Å². The average molecular weight is 577 g/mol. The molecule has 3 heterocycles. The van der Waals surface area contributed by atoms with E-state index in [1.165, 1.54) is 12.1 Å². The lowest BCUT2D eigenvalue weighted by atomic mass is 10.1. The van der Waals surface area contributed by atoms with E-state index in [1.807, 2.05) is 18.2 Å². The number of halogens is 3. The molecule has 218 valence electrons. The van der Waals surface area contributed by atoms with Gasteiger partial charge in [-0.15, -0.1) is 0 Å². The largest absolute Gasteiger partial charge is 0.304 e. The first-order chi connectivity index (χ1) is 20.2. The van der Waals surface area contributed by atoms with Crippen LogP contribution in [0.1, 0.15) is 24.0 Å². The number of piperazine rings is 1. The van der Waals surface area contributed by atoms with Crippen molar-refractivity contribution in [1.82, 2.24) is 29.5 Å². The molecule has 2 aromatic heterocycles. The van der Waals surface area contributed by atoms with E-state index in [4.69, 9.17) is 0 Å². The molecule has 0 amide bonds. The molecule has 0 unspecified atom stereocenters. The van der Waals surface area contributed by atoms with E-state index in [-0.39, 0.29) is 23.6 Å². The number of benzene rings is 2. The van der Waals surface area contributed by atoms with Crippen molar-refractivity contribution in [3.63, 3.8) is 0 Å². The summed E-state index contributed by atoms with van der Waals surface area (Å²) in [6.07, 6.45) is 5.02. The van der Waals surface area contributed by atoms with Gasteiger partial charge in [0.1, 0.15) is 5.78 Å². The normalized spacial score (nSPS) is 14.3. The van der Waals surface area contributed by atoms with Crippen LogP contribution in [0, 0.1) is 17.5 Å². The third kappa shape index (κ3) is 7.34. The van der Waals surface area contributed by atoms with Gasteiger partial charge in [0.25, 0.3) is 5.56 Å². The number of rotatable bonds is 10. The van der Waals surface area contributed by atoms with E-state index in [9.17, 15) is 22.8 Å². The van der Waals surface area contributed by atoms with Crippen LogP contribution in [-0.2, 0) is 17.8 Å². The highest BCUT2D eigenvalue weighted by atomic mass is 19.2. The highest BCUT2D eigenvalue weighted by Crippen LogP contribution is 2.22. The zero-order valence-electron chi connectivity index (χ0n) is 23.3. The maximum absolute atomic E-state index is 13.7. The van der Waals surface area contributed by atoms with Crippen molar-refractivity contribution < 1.29 is 18.0 Å². The highest BCUT2D eigenvalue weighted by molar-refractivity contribution is 5.78. The quantitative estimate of drug-likeness (QED) is 0.264. The molecular weight excluding hydrogens is 545 g/mol. The van der Waals surface area contributed by atoms with Gasteiger partial charge in [0, 0.05) is 75.2 Å². The molecule has 11 heteroatoms. The molecule has 0 saturated carbocycles. The molecular formula is C31H31F3N6O2. The molecule has 2 aromatic carbocycles. The van der Waals surface area contributed by atoms with Gasteiger partial charge in [-0.05, 0) is 48.9 Å². The molecule has 1 fully saturated rings. The lowest BCUT2D eigenvalue weighted by Crippen LogP contribution is -2.45. The number of carbonyl (C=O) groups excluding carboxylic acids is 1. The van der Waals surface area contributed by atoms with Crippen LogP contribution in [0.4, 0.5) is 13.2 Å². The molecule has 5 rings (SSSR count). The molecule has 1 aliphatic heterocycles. The number of Topliss-reactive ketones (excluding diaryl/α,β-unsaturated/α-hetero) is 1. The minimum absolute atomic E-state index is 0.0131. The summed E-state index contributed by atoms with van der Waals surface area (Å²) >= 11 is 0. The standard InChI is InChI=1S/C31H31F3N6O2/c1-38-11-13-39(14-12-38)10-9-25(41)6-5-22-18-35-31(36-19-22)23-4-2-3-21(15-23)20-40-29(42)8-7-28(37-40)24-16-26(32)30(34)27(33)17-24/h2-4,7-8,15-19H,5-6,9-14,20H2,1H3. The minimum Gasteiger partial charge on any atom is -0.304 e. The number of aryl methyl sites for hydroxylation is 1. The molecule has 0 bridgehead atoms. The maximum Gasteiger partial charge on any atom is 0.267 e. The number of hydrogen-bond acceptors (Lipinski definition) is 7. The van der Waals surface area contributed by atoms with Crippen LogP contribution in [-0.4, -0.2) is 75.1 Å². The van der Waals surface area contributed by atoms with Crippen LogP contribution in [0.5, 0.6) is 0 Å². The topological polar surface area (TPSA) is 84.2 Å². The second kappa shape index (κ2) is 13.2. The summed E-state index contributed by atoms with van der Waals surface area (Å²) in [6, 6.07) is 11.5. The first-order valence-electron chi connectivity index (χ1n) is 13.8. The van der Waals surface area contributed by atoms with Gasteiger partial charge in [-0.25, -0.2) is 27.8 Å². The van der Waals surface area contributed by atoms with E-state index in [1.54, 1.807) is 18.5 Å². The van der Waals surface area contributed by atoms with Crippen molar-refractivity contribution in [2.24, 2.45) is 0 Å². The Labute approximate surface area is 241 Å². The van der Waals surface area contributed by atoms with Gasteiger partial charge in [0.15, 0.2) is 23.3 Å². The molecule has 0 N–H and O–H groups in total. The number of ketones is 1. The fourth-order valence-electron chi connectivity index (χ4n) is 4.80.